The Labute approximate surface area is 163 Å². The summed E-state index contributed by atoms with van der Waals surface area (Å²) < 4.78 is 11.5. The molecule has 0 atom stereocenters. The molecule has 0 unspecified atom stereocenters. The molecule has 140 valence electrons. The zero-order chi connectivity index (χ0) is 19.2. The van der Waals surface area contributed by atoms with Crippen molar-refractivity contribution in [2.24, 2.45) is 0 Å². The fourth-order valence-electron chi connectivity index (χ4n) is 3.50. The lowest BCUT2D eigenvalue weighted by Gasteiger charge is -2.27. The molecule has 0 aliphatic heterocycles. The highest BCUT2D eigenvalue weighted by Gasteiger charge is 2.26. The first-order valence-corrected chi connectivity index (χ1v) is 10.8. The standard InChI is InChI=1S/C24H27O2P/c1-5-18-12-11-13-19(6-2)24(18)27(22-16-9-7-14-20(22)25-3)23-17-10-8-15-21(23)26-4/h7-17H,5-6H2,1-4H3. The van der Waals surface area contributed by atoms with Gasteiger partial charge in [-0.05, 0) is 49.3 Å². The van der Waals surface area contributed by atoms with Gasteiger partial charge >= 0.3 is 0 Å². The molecule has 0 amide bonds. The molecule has 0 aromatic heterocycles. The molecular weight excluding hydrogens is 351 g/mol. The van der Waals surface area contributed by atoms with Gasteiger partial charge in [-0.3, -0.25) is 0 Å². The summed E-state index contributed by atoms with van der Waals surface area (Å²) in [5, 5.41) is 3.90. The van der Waals surface area contributed by atoms with E-state index in [4.69, 9.17) is 9.47 Å². The minimum atomic E-state index is -0.802. The molecular formula is C24H27O2P. The van der Waals surface area contributed by atoms with Crippen LogP contribution in [0.3, 0.4) is 0 Å². The molecule has 0 fully saturated rings. The van der Waals surface area contributed by atoms with E-state index in [2.05, 4.69) is 68.4 Å². The third-order valence-corrected chi connectivity index (χ3v) is 7.56. The second kappa shape index (κ2) is 9.06. The Morgan fingerprint density at radius 1 is 0.630 bits per heavy atom. The number of ether oxygens (including phenoxy) is 2. The highest BCUT2D eigenvalue weighted by Crippen LogP contribution is 2.41. The average Bonchev–Trinajstić information content (AvgIpc) is 2.74. The number of rotatable bonds is 7. The number of para-hydroxylation sites is 2. The third kappa shape index (κ3) is 3.87. The average molecular weight is 378 g/mol. The van der Waals surface area contributed by atoms with Crippen LogP contribution >= 0.6 is 7.92 Å². The molecule has 0 saturated heterocycles. The maximum Gasteiger partial charge on any atom is 0.127 e. The molecule has 3 rings (SSSR count). The summed E-state index contributed by atoms with van der Waals surface area (Å²) >= 11 is 0. The summed E-state index contributed by atoms with van der Waals surface area (Å²) in [5.74, 6) is 1.87. The molecule has 27 heavy (non-hydrogen) atoms. The van der Waals surface area contributed by atoms with Crippen LogP contribution in [0.2, 0.25) is 0 Å². The molecule has 0 aliphatic rings. The summed E-state index contributed by atoms with van der Waals surface area (Å²) in [7, 11) is 2.70. The van der Waals surface area contributed by atoms with Gasteiger partial charge in [-0.2, -0.15) is 0 Å². The van der Waals surface area contributed by atoms with E-state index in [0.717, 1.165) is 24.3 Å². The topological polar surface area (TPSA) is 18.5 Å². The smallest absolute Gasteiger partial charge is 0.127 e. The van der Waals surface area contributed by atoms with Crippen LogP contribution in [0.5, 0.6) is 11.5 Å². The molecule has 0 heterocycles. The fourth-order valence-corrected chi connectivity index (χ4v) is 6.53. The summed E-state index contributed by atoms with van der Waals surface area (Å²) in [6.07, 6.45) is 2.01. The van der Waals surface area contributed by atoms with Crippen molar-refractivity contribution in [3.8, 4) is 11.5 Å². The van der Waals surface area contributed by atoms with E-state index in [1.807, 2.05) is 12.1 Å². The SMILES string of the molecule is CCc1cccc(CC)c1P(c1ccccc1OC)c1ccccc1OC. The highest BCUT2D eigenvalue weighted by atomic mass is 31.1. The first-order chi connectivity index (χ1) is 13.2. The van der Waals surface area contributed by atoms with E-state index >= 15 is 0 Å². The van der Waals surface area contributed by atoms with Crippen LogP contribution in [0.15, 0.2) is 66.7 Å². The quantitative estimate of drug-likeness (QED) is 0.560. The summed E-state index contributed by atoms with van der Waals surface area (Å²) in [6.45, 7) is 4.46. The van der Waals surface area contributed by atoms with Gasteiger partial charge in [0.25, 0.3) is 0 Å². The van der Waals surface area contributed by atoms with Crippen LogP contribution in [0, 0.1) is 0 Å². The Morgan fingerprint density at radius 3 is 1.48 bits per heavy atom. The number of hydrogen-bond donors (Lipinski definition) is 0. The lowest BCUT2D eigenvalue weighted by atomic mass is 10.1. The molecule has 0 aliphatic carbocycles. The van der Waals surface area contributed by atoms with Crippen LogP contribution < -0.4 is 25.4 Å². The summed E-state index contributed by atoms with van der Waals surface area (Å²) in [5.41, 5.74) is 2.80. The second-order valence-electron chi connectivity index (χ2n) is 6.31. The van der Waals surface area contributed by atoms with E-state index in [9.17, 15) is 0 Å². The summed E-state index contributed by atoms with van der Waals surface area (Å²) in [6, 6.07) is 23.5. The highest BCUT2D eigenvalue weighted by molar-refractivity contribution is 7.80. The van der Waals surface area contributed by atoms with Crippen molar-refractivity contribution >= 4 is 23.8 Å². The van der Waals surface area contributed by atoms with Crippen LogP contribution in [-0.4, -0.2) is 14.2 Å². The molecule has 0 N–H and O–H groups in total. The molecule has 3 heteroatoms. The van der Waals surface area contributed by atoms with Gasteiger partial charge in [0.15, 0.2) is 0 Å². The van der Waals surface area contributed by atoms with Gasteiger partial charge in [-0.25, -0.2) is 0 Å². The van der Waals surface area contributed by atoms with E-state index in [-0.39, 0.29) is 0 Å². The number of benzene rings is 3. The van der Waals surface area contributed by atoms with Crippen molar-refractivity contribution in [3.05, 3.63) is 77.9 Å². The minimum absolute atomic E-state index is 0.802. The maximum absolute atomic E-state index is 5.77. The van der Waals surface area contributed by atoms with Gasteiger partial charge in [-0.1, -0.05) is 68.4 Å². The molecule has 3 aromatic rings. The first-order valence-electron chi connectivity index (χ1n) is 9.42. The van der Waals surface area contributed by atoms with Gasteiger partial charge in [0.05, 0.1) is 14.2 Å². The molecule has 2 nitrogen and oxygen atoms in total. The molecule has 3 aromatic carbocycles. The van der Waals surface area contributed by atoms with Crippen LogP contribution in [-0.2, 0) is 12.8 Å². The predicted octanol–water partition coefficient (Wildman–Crippen LogP) is 4.59. The Balaban J connectivity index is 2.37. The van der Waals surface area contributed by atoms with Crippen LogP contribution in [0.25, 0.3) is 0 Å². The van der Waals surface area contributed by atoms with E-state index in [1.54, 1.807) is 14.2 Å². The van der Waals surface area contributed by atoms with Crippen molar-refractivity contribution in [2.45, 2.75) is 26.7 Å². The van der Waals surface area contributed by atoms with E-state index in [0.29, 0.717) is 0 Å². The molecule has 0 spiro atoms. The fraction of sp³-hybridized carbons (Fsp3) is 0.250. The molecule has 0 radical (unpaired) electrons. The van der Waals surface area contributed by atoms with E-state index < -0.39 is 7.92 Å². The number of aryl methyl sites for hydroxylation is 2. The van der Waals surface area contributed by atoms with Crippen LogP contribution in [0.4, 0.5) is 0 Å². The van der Waals surface area contributed by atoms with Crippen molar-refractivity contribution in [1.29, 1.82) is 0 Å². The van der Waals surface area contributed by atoms with Gasteiger partial charge in [0, 0.05) is 10.6 Å². The zero-order valence-corrected chi connectivity index (χ0v) is 17.4. The molecule has 0 saturated carbocycles. The molecule has 0 bridgehead atoms. The van der Waals surface area contributed by atoms with Crippen LogP contribution in [0.1, 0.15) is 25.0 Å². The minimum Gasteiger partial charge on any atom is -0.496 e. The Kier molecular flexibility index (Phi) is 6.53. The van der Waals surface area contributed by atoms with Crippen molar-refractivity contribution in [1.82, 2.24) is 0 Å². The zero-order valence-electron chi connectivity index (χ0n) is 16.5. The monoisotopic (exact) mass is 378 g/mol. The van der Waals surface area contributed by atoms with E-state index in [1.165, 1.54) is 27.0 Å². The van der Waals surface area contributed by atoms with Crippen molar-refractivity contribution < 1.29 is 9.47 Å². The third-order valence-electron chi connectivity index (χ3n) is 4.84. The van der Waals surface area contributed by atoms with Crippen molar-refractivity contribution in [3.63, 3.8) is 0 Å². The summed E-state index contributed by atoms with van der Waals surface area (Å²) in [4.78, 5) is 0. The van der Waals surface area contributed by atoms with Gasteiger partial charge in [0.2, 0.25) is 0 Å². The Morgan fingerprint density at radius 2 is 1.07 bits per heavy atom. The van der Waals surface area contributed by atoms with Gasteiger partial charge < -0.3 is 9.47 Å². The Hall–Kier alpha value is -2.31. The lowest BCUT2D eigenvalue weighted by Crippen LogP contribution is -2.27. The van der Waals surface area contributed by atoms with Gasteiger partial charge in [-0.15, -0.1) is 0 Å². The second-order valence-corrected chi connectivity index (χ2v) is 8.39. The normalized spacial score (nSPS) is 10.9. The Bertz CT molecular complexity index is 835. The number of hydrogen-bond acceptors (Lipinski definition) is 2. The van der Waals surface area contributed by atoms with Crippen molar-refractivity contribution in [2.75, 3.05) is 14.2 Å². The maximum atomic E-state index is 5.77. The number of methoxy groups -OCH3 is 2. The van der Waals surface area contributed by atoms with Gasteiger partial charge in [0.1, 0.15) is 11.5 Å². The lowest BCUT2D eigenvalue weighted by molar-refractivity contribution is 0.417. The largest absolute Gasteiger partial charge is 0.496 e. The first kappa shape index (κ1) is 19.5. The predicted molar refractivity (Wildman–Crippen MR) is 117 cm³/mol.